The Morgan fingerprint density at radius 3 is 2.27 bits per heavy atom. The molecule has 0 radical (unpaired) electrons. The molecule has 0 saturated carbocycles. The van der Waals surface area contributed by atoms with Gasteiger partial charge in [-0.05, 0) is 81.9 Å². The van der Waals surface area contributed by atoms with Crippen LogP contribution in [0.3, 0.4) is 0 Å². The number of hydrogen-bond donors (Lipinski definition) is 2. The van der Waals surface area contributed by atoms with Crippen LogP contribution in [0.4, 0.5) is 0 Å². The van der Waals surface area contributed by atoms with Gasteiger partial charge in [0.2, 0.25) is 0 Å². The van der Waals surface area contributed by atoms with Crippen LogP contribution in [0.1, 0.15) is 5.56 Å². The summed E-state index contributed by atoms with van der Waals surface area (Å²) in [5.74, 6) is 0.112. The smallest absolute Gasteiger partial charge is 0.277 e. The summed E-state index contributed by atoms with van der Waals surface area (Å²) in [5, 5.41) is 13.8. The second-order valence-electron chi connectivity index (χ2n) is 4.70. The third-order valence-electron chi connectivity index (χ3n) is 2.87. The average molecular weight is 744 g/mol. The van der Waals surface area contributed by atoms with Crippen molar-refractivity contribution < 1.29 is 14.6 Å². The van der Waals surface area contributed by atoms with Crippen molar-refractivity contribution in [2.75, 3.05) is 6.61 Å². The number of hydrazone groups is 1. The molecule has 0 saturated heterocycles. The van der Waals surface area contributed by atoms with Gasteiger partial charge in [-0.3, -0.25) is 4.79 Å². The van der Waals surface area contributed by atoms with Gasteiger partial charge in [-0.15, -0.1) is 0 Å². The van der Waals surface area contributed by atoms with Crippen molar-refractivity contribution in [2.45, 2.75) is 0 Å². The molecule has 138 valence electrons. The molecule has 0 spiro atoms. The molecule has 0 bridgehead atoms. The monoisotopic (exact) mass is 738 g/mol. The third kappa shape index (κ3) is 5.78. The second kappa shape index (κ2) is 10.0. The SMILES string of the molecule is O=C(COc1c(Br)cc(Br)cc1Br)NN=Cc1c(Br)cc(Br)c(O)c1Br. The zero-order chi connectivity index (χ0) is 19.4. The molecule has 2 N–H and O–H groups in total. The lowest BCUT2D eigenvalue weighted by atomic mass is 10.2. The summed E-state index contributed by atoms with van der Waals surface area (Å²) in [6.07, 6.45) is 1.41. The number of rotatable bonds is 5. The molecular weight excluding hydrogens is 736 g/mol. The van der Waals surface area contributed by atoms with Crippen LogP contribution in [0.15, 0.2) is 50.1 Å². The van der Waals surface area contributed by atoms with Gasteiger partial charge in [-0.25, -0.2) is 5.43 Å². The maximum atomic E-state index is 11.9. The summed E-state index contributed by atoms with van der Waals surface area (Å²) >= 11 is 20.0. The number of nitrogens with one attached hydrogen (secondary N) is 1. The van der Waals surface area contributed by atoms with Crippen molar-refractivity contribution in [1.82, 2.24) is 5.43 Å². The van der Waals surface area contributed by atoms with Crippen molar-refractivity contribution in [3.8, 4) is 11.5 Å². The third-order valence-corrected chi connectivity index (χ3v) is 6.57. The summed E-state index contributed by atoms with van der Waals surface area (Å²) in [7, 11) is 0. The van der Waals surface area contributed by atoms with E-state index in [-0.39, 0.29) is 12.4 Å². The molecule has 0 aliphatic carbocycles. The van der Waals surface area contributed by atoms with E-state index in [0.717, 1.165) is 4.47 Å². The maximum Gasteiger partial charge on any atom is 0.277 e. The largest absolute Gasteiger partial charge is 0.506 e. The van der Waals surface area contributed by atoms with Crippen molar-refractivity contribution in [1.29, 1.82) is 0 Å². The van der Waals surface area contributed by atoms with Crippen LogP contribution in [0.2, 0.25) is 0 Å². The van der Waals surface area contributed by atoms with Crippen LogP contribution in [0.5, 0.6) is 11.5 Å². The molecule has 2 aromatic rings. The van der Waals surface area contributed by atoms with Gasteiger partial charge in [0.25, 0.3) is 5.91 Å². The fraction of sp³-hybridized carbons (Fsp3) is 0.0667. The zero-order valence-electron chi connectivity index (χ0n) is 12.5. The molecule has 1 amide bonds. The van der Waals surface area contributed by atoms with E-state index in [1.165, 1.54) is 6.21 Å². The average Bonchev–Trinajstić information content (AvgIpc) is 2.55. The minimum Gasteiger partial charge on any atom is -0.506 e. The fourth-order valence-corrected chi connectivity index (χ4v) is 6.53. The lowest BCUT2D eigenvalue weighted by molar-refractivity contribution is -0.123. The van der Waals surface area contributed by atoms with Crippen LogP contribution in [-0.4, -0.2) is 23.8 Å². The molecule has 0 aliphatic rings. The molecule has 0 unspecified atom stereocenters. The first-order chi connectivity index (χ1) is 12.2. The van der Waals surface area contributed by atoms with E-state index in [9.17, 15) is 9.90 Å². The predicted molar refractivity (Wildman–Crippen MR) is 122 cm³/mol. The molecule has 2 aromatic carbocycles. The lowest BCUT2D eigenvalue weighted by Crippen LogP contribution is -2.24. The second-order valence-corrected chi connectivity index (χ2v) is 9.82. The van der Waals surface area contributed by atoms with Crippen LogP contribution in [0.25, 0.3) is 0 Å². The number of phenols is 1. The van der Waals surface area contributed by atoms with E-state index >= 15 is 0 Å². The highest BCUT2D eigenvalue weighted by Gasteiger charge is 2.13. The van der Waals surface area contributed by atoms with Crippen molar-refractivity contribution in [2.24, 2.45) is 5.10 Å². The summed E-state index contributed by atoms with van der Waals surface area (Å²) in [6, 6.07) is 5.30. The van der Waals surface area contributed by atoms with Gasteiger partial charge in [-0.1, -0.05) is 31.9 Å². The molecule has 0 atom stereocenters. The predicted octanol–water partition coefficient (Wildman–Crippen LogP) is 6.50. The van der Waals surface area contributed by atoms with Gasteiger partial charge >= 0.3 is 0 Å². The molecule has 5 nitrogen and oxygen atoms in total. The number of halogens is 6. The minimum absolute atomic E-state index is 0.0363. The first kappa shape index (κ1) is 22.4. The number of nitrogens with zero attached hydrogens (tertiary/aromatic N) is 1. The van der Waals surface area contributed by atoms with E-state index in [4.69, 9.17) is 4.74 Å². The highest BCUT2D eigenvalue weighted by Crippen LogP contribution is 2.38. The Morgan fingerprint density at radius 1 is 1.04 bits per heavy atom. The number of amides is 1. The number of carbonyl (C=O) groups excluding carboxylic acids is 1. The Bertz CT molecular complexity index is 865. The Morgan fingerprint density at radius 2 is 1.65 bits per heavy atom. The fourth-order valence-electron chi connectivity index (χ4n) is 1.72. The topological polar surface area (TPSA) is 70.9 Å². The quantitative estimate of drug-likeness (QED) is 0.272. The van der Waals surface area contributed by atoms with Gasteiger partial charge in [0.15, 0.2) is 6.61 Å². The highest BCUT2D eigenvalue weighted by atomic mass is 79.9. The van der Waals surface area contributed by atoms with Gasteiger partial charge in [-0.2, -0.15) is 5.10 Å². The van der Waals surface area contributed by atoms with E-state index in [1.807, 2.05) is 12.1 Å². The Labute approximate surface area is 199 Å². The molecule has 0 heterocycles. The highest BCUT2D eigenvalue weighted by molar-refractivity contribution is 9.12. The molecule has 0 aliphatic heterocycles. The number of ether oxygens (including phenoxy) is 1. The number of phenolic OH excluding ortho intramolecular Hbond substituents is 1. The van der Waals surface area contributed by atoms with Gasteiger partial charge in [0.05, 0.1) is 24.1 Å². The molecule has 11 heteroatoms. The van der Waals surface area contributed by atoms with Gasteiger partial charge in [0.1, 0.15) is 11.5 Å². The van der Waals surface area contributed by atoms with E-state index in [2.05, 4.69) is 106 Å². The summed E-state index contributed by atoms with van der Waals surface area (Å²) in [4.78, 5) is 11.9. The van der Waals surface area contributed by atoms with Crippen molar-refractivity contribution >= 4 is 108 Å². The summed E-state index contributed by atoms with van der Waals surface area (Å²) in [5.41, 5.74) is 2.95. The standard InChI is InChI=1S/C15H8Br6N2O3/c16-6-1-10(19)15(11(20)2-6)26-5-12(24)23-22-4-7-8(17)3-9(18)14(25)13(7)21/h1-4,25H,5H2,(H,23,24). The molecular formula is C15H8Br6N2O3. The first-order valence-electron chi connectivity index (χ1n) is 6.66. The molecule has 26 heavy (non-hydrogen) atoms. The van der Waals surface area contributed by atoms with Gasteiger partial charge < -0.3 is 9.84 Å². The number of aromatic hydroxyl groups is 1. The Hall–Kier alpha value is 0.0600. The molecule has 2 rings (SSSR count). The zero-order valence-corrected chi connectivity index (χ0v) is 22.0. The van der Waals surface area contributed by atoms with E-state index in [0.29, 0.717) is 33.7 Å². The molecule has 0 aromatic heterocycles. The summed E-state index contributed by atoms with van der Waals surface area (Å²) in [6.45, 7) is -0.218. The minimum atomic E-state index is -0.434. The van der Waals surface area contributed by atoms with Gasteiger partial charge in [0, 0.05) is 14.5 Å². The van der Waals surface area contributed by atoms with Crippen molar-refractivity contribution in [3.05, 3.63) is 50.6 Å². The Kier molecular flexibility index (Phi) is 8.61. The van der Waals surface area contributed by atoms with Crippen LogP contribution in [-0.2, 0) is 4.79 Å². The number of hydrogen-bond acceptors (Lipinski definition) is 4. The van der Waals surface area contributed by atoms with Crippen molar-refractivity contribution in [3.63, 3.8) is 0 Å². The lowest BCUT2D eigenvalue weighted by Gasteiger charge is -2.10. The van der Waals surface area contributed by atoms with Crippen LogP contribution >= 0.6 is 95.6 Å². The maximum absolute atomic E-state index is 11.9. The summed E-state index contributed by atoms with van der Waals surface area (Å²) < 4.78 is 9.43. The number of benzene rings is 2. The normalized spacial score (nSPS) is 11.0. The van der Waals surface area contributed by atoms with E-state index < -0.39 is 5.91 Å². The Balaban J connectivity index is 2.00. The van der Waals surface area contributed by atoms with Crippen LogP contribution < -0.4 is 10.2 Å². The molecule has 0 fully saturated rings. The number of carbonyl (C=O) groups is 1. The van der Waals surface area contributed by atoms with E-state index in [1.54, 1.807) is 6.07 Å². The first-order valence-corrected chi connectivity index (χ1v) is 11.4. The van der Waals surface area contributed by atoms with Crippen LogP contribution in [0, 0.1) is 0 Å².